The highest BCUT2D eigenvalue weighted by Gasteiger charge is 2.51. The minimum absolute atomic E-state index is 0.436. The Labute approximate surface area is 154 Å². The number of piperidine rings is 1. The minimum atomic E-state index is 0.436. The number of aromatic nitrogens is 1. The second kappa shape index (κ2) is 5.70. The summed E-state index contributed by atoms with van der Waals surface area (Å²) in [6, 6.07) is 21.2. The number of rotatable bonds is 1. The van der Waals surface area contributed by atoms with E-state index in [1.54, 1.807) is 5.56 Å². The van der Waals surface area contributed by atoms with Crippen LogP contribution in [0, 0.1) is 0 Å². The van der Waals surface area contributed by atoms with Crippen LogP contribution < -0.4 is 0 Å². The molecule has 2 unspecified atom stereocenters. The average Bonchev–Trinajstić information content (AvgIpc) is 3.24. The van der Waals surface area contributed by atoms with Gasteiger partial charge >= 0.3 is 0 Å². The standard InChI is InChI=1S/C23H25N3/c1-2-8-16(9-3-1)23-25-14-7-6-12-20(25)22-21-18(13-15-26(22)23)17-10-4-5-11-19(17)24-21/h1-5,8-11,20,22-24H,6-7,12-15H2/t20?,22-,23?/m1/s1. The molecule has 0 radical (unpaired) electrons. The third-order valence-electron chi connectivity index (χ3n) is 6.80. The van der Waals surface area contributed by atoms with Crippen LogP contribution in [0.4, 0.5) is 0 Å². The topological polar surface area (TPSA) is 22.3 Å². The molecule has 3 aliphatic heterocycles. The first kappa shape index (κ1) is 15.0. The molecule has 26 heavy (non-hydrogen) atoms. The summed E-state index contributed by atoms with van der Waals surface area (Å²) in [4.78, 5) is 9.40. The van der Waals surface area contributed by atoms with Gasteiger partial charge in [-0.3, -0.25) is 9.80 Å². The Balaban J connectivity index is 1.51. The molecule has 3 aliphatic rings. The molecule has 0 bridgehead atoms. The fraction of sp³-hybridized carbons (Fsp3) is 0.391. The monoisotopic (exact) mass is 343 g/mol. The molecule has 132 valence electrons. The molecule has 3 aromatic rings. The van der Waals surface area contributed by atoms with Crippen molar-refractivity contribution in [1.82, 2.24) is 14.8 Å². The lowest BCUT2D eigenvalue weighted by atomic mass is 9.90. The molecule has 1 N–H and O–H groups in total. The number of benzene rings is 2. The molecule has 0 saturated carbocycles. The van der Waals surface area contributed by atoms with Gasteiger partial charge in [-0.05, 0) is 36.5 Å². The summed E-state index contributed by atoms with van der Waals surface area (Å²) in [6.45, 7) is 2.39. The van der Waals surface area contributed by atoms with Crippen LogP contribution in [0.25, 0.3) is 10.9 Å². The first-order valence-electron chi connectivity index (χ1n) is 10.1. The van der Waals surface area contributed by atoms with Gasteiger partial charge in [0.2, 0.25) is 0 Å². The molecule has 3 atom stereocenters. The number of para-hydroxylation sites is 1. The van der Waals surface area contributed by atoms with Crippen molar-refractivity contribution >= 4 is 10.9 Å². The van der Waals surface area contributed by atoms with E-state index in [2.05, 4.69) is 69.4 Å². The fourth-order valence-corrected chi connectivity index (χ4v) is 5.80. The van der Waals surface area contributed by atoms with Gasteiger partial charge in [0.25, 0.3) is 0 Å². The molecule has 2 saturated heterocycles. The Morgan fingerprint density at radius 3 is 2.62 bits per heavy atom. The molecule has 3 heteroatoms. The first-order chi connectivity index (χ1) is 12.9. The smallest absolute Gasteiger partial charge is 0.0895 e. The number of nitrogens with one attached hydrogen (secondary N) is 1. The quantitative estimate of drug-likeness (QED) is 0.696. The van der Waals surface area contributed by atoms with Crippen LogP contribution in [-0.4, -0.2) is 33.9 Å². The van der Waals surface area contributed by atoms with E-state index in [9.17, 15) is 0 Å². The van der Waals surface area contributed by atoms with E-state index >= 15 is 0 Å². The van der Waals surface area contributed by atoms with Crippen molar-refractivity contribution in [1.29, 1.82) is 0 Å². The summed E-state index contributed by atoms with van der Waals surface area (Å²) in [7, 11) is 0. The molecule has 0 spiro atoms. The lowest BCUT2D eigenvalue weighted by Crippen LogP contribution is -2.38. The molecule has 3 nitrogen and oxygen atoms in total. The van der Waals surface area contributed by atoms with E-state index in [4.69, 9.17) is 0 Å². The van der Waals surface area contributed by atoms with Crippen LogP contribution in [0.2, 0.25) is 0 Å². The maximum Gasteiger partial charge on any atom is 0.0895 e. The van der Waals surface area contributed by atoms with Gasteiger partial charge in [-0.1, -0.05) is 55.0 Å². The van der Waals surface area contributed by atoms with E-state index in [0.29, 0.717) is 18.2 Å². The maximum absolute atomic E-state index is 3.82. The van der Waals surface area contributed by atoms with Crippen LogP contribution in [0.15, 0.2) is 54.6 Å². The number of fused-ring (bicyclic) bond motifs is 7. The maximum atomic E-state index is 3.82. The molecule has 4 heterocycles. The molecule has 0 aliphatic carbocycles. The zero-order valence-corrected chi connectivity index (χ0v) is 15.1. The van der Waals surface area contributed by atoms with Crippen LogP contribution in [0.1, 0.15) is 48.3 Å². The number of nitrogens with zero attached hydrogens (tertiary/aromatic N) is 2. The van der Waals surface area contributed by atoms with E-state index < -0.39 is 0 Å². The number of hydrogen-bond acceptors (Lipinski definition) is 2. The summed E-state index contributed by atoms with van der Waals surface area (Å²) >= 11 is 0. The van der Waals surface area contributed by atoms with Gasteiger partial charge in [0.15, 0.2) is 0 Å². The van der Waals surface area contributed by atoms with Gasteiger partial charge < -0.3 is 4.98 Å². The third-order valence-corrected chi connectivity index (χ3v) is 6.80. The molecule has 2 fully saturated rings. The molecular formula is C23H25N3. The minimum Gasteiger partial charge on any atom is -0.357 e. The van der Waals surface area contributed by atoms with Crippen LogP contribution in [-0.2, 0) is 6.42 Å². The van der Waals surface area contributed by atoms with Crippen LogP contribution >= 0.6 is 0 Å². The summed E-state index contributed by atoms with van der Waals surface area (Å²) in [5.74, 6) is 0. The van der Waals surface area contributed by atoms with Gasteiger partial charge in [0.05, 0.1) is 12.2 Å². The van der Waals surface area contributed by atoms with Crippen molar-refractivity contribution in [2.75, 3.05) is 13.1 Å². The molecule has 0 amide bonds. The summed E-state index contributed by atoms with van der Waals surface area (Å²) in [5.41, 5.74) is 5.83. The molecular weight excluding hydrogens is 318 g/mol. The Morgan fingerprint density at radius 1 is 0.846 bits per heavy atom. The number of hydrogen-bond donors (Lipinski definition) is 1. The highest BCUT2D eigenvalue weighted by Crippen LogP contribution is 2.51. The van der Waals surface area contributed by atoms with Crippen molar-refractivity contribution < 1.29 is 0 Å². The molecule has 2 aromatic carbocycles. The molecule has 6 rings (SSSR count). The average molecular weight is 343 g/mol. The lowest BCUT2D eigenvalue weighted by Gasteiger charge is -2.35. The first-order valence-corrected chi connectivity index (χ1v) is 10.1. The van der Waals surface area contributed by atoms with E-state index in [-0.39, 0.29) is 0 Å². The van der Waals surface area contributed by atoms with Crippen molar-refractivity contribution in [3.63, 3.8) is 0 Å². The summed E-state index contributed by atoms with van der Waals surface area (Å²) in [5, 5.41) is 1.44. The van der Waals surface area contributed by atoms with Crippen molar-refractivity contribution in [3.8, 4) is 0 Å². The van der Waals surface area contributed by atoms with E-state index in [1.165, 1.54) is 48.0 Å². The summed E-state index contributed by atoms with van der Waals surface area (Å²) < 4.78 is 0. The van der Waals surface area contributed by atoms with Gasteiger partial charge in [-0.15, -0.1) is 0 Å². The normalized spacial score (nSPS) is 28.7. The third kappa shape index (κ3) is 2.02. The highest BCUT2D eigenvalue weighted by molar-refractivity contribution is 5.85. The van der Waals surface area contributed by atoms with Gasteiger partial charge in [-0.2, -0.15) is 0 Å². The Kier molecular flexibility index (Phi) is 3.29. The zero-order chi connectivity index (χ0) is 17.1. The van der Waals surface area contributed by atoms with Crippen molar-refractivity contribution in [3.05, 3.63) is 71.4 Å². The van der Waals surface area contributed by atoms with Gasteiger partial charge in [0, 0.05) is 35.7 Å². The predicted octanol–water partition coefficient (Wildman–Crippen LogP) is 4.63. The van der Waals surface area contributed by atoms with E-state index in [0.717, 1.165) is 13.0 Å². The largest absolute Gasteiger partial charge is 0.357 e. The van der Waals surface area contributed by atoms with Crippen LogP contribution in [0.3, 0.4) is 0 Å². The van der Waals surface area contributed by atoms with Crippen LogP contribution in [0.5, 0.6) is 0 Å². The Hall–Kier alpha value is -2.10. The second-order valence-electron chi connectivity index (χ2n) is 8.08. The van der Waals surface area contributed by atoms with E-state index in [1.807, 2.05) is 0 Å². The number of H-pyrrole nitrogens is 1. The Morgan fingerprint density at radius 2 is 1.69 bits per heavy atom. The Bertz CT molecular complexity index is 945. The van der Waals surface area contributed by atoms with Gasteiger partial charge in [-0.25, -0.2) is 0 Å². The van der Waals surface area contributed by atoms with Crippen molar-refractivity contribution in [2.45, 2.75) is 43.9 Å². The fourth-order valence-electron chi connectivity index (χ4n) is 5.80. The SMILES string of the molecule is c1ccc(C2N3CCCCC3[C@@H]3c4[nH]c5ccccc5c4CCN23)cc1. The predicted molar refractivity (Wildman–Crippen MR) is 105 cm³/mol. The highest BCUT2D eigenvalue weighted by atomic mass is 15.5. The van der Waals surface area contributed by atoms with Crippen molar-refractivity contribution in [2.24, 2.45) is 0 Å². The van der Waals surface area contributed by atoms with Gasteiger partial charge in [0.1, 0.15) is 0 Å². The zero-order valence-electron chi connectivity index (χ0n) is 15.1. The number of aromatic amines is 1. The lowest BCUT2D eigenvalue weighted by molar-refractivity contribution is 0.0977. The summed E-state index contributed by atoms with van der Waals surface area (Å²) in [6.07, 6.45) is 5.60. The molecule has 1 aromatic heterocycles. The second-order valence-corrected chi connectivity index (χ2v) is 8.08.